The third kappa shape index (κ3) is 9.65. The summed E-state index contributed by atoms with van der Waals surface area (Å²) >= 11 is 0. The zero-order valence-corrected chi connectivity index (χ0v) is 23.1. The van der Waals surface area contributed by atoms with Gasteiger partial charge in [-0.15, -0.1) is 0 Å². The lowest BCUT2D eigenvalue weighted by Gasteiger charge is -2.32. The van der Waals surface area contributed by atoms with E-state index >= 15 is 0 Å². The van der Waals surface area contributed by atoms with Crippen molar-refractivity contribution in [2.24, 2.45) is 0 Å². The van der Waals surface area contributed by atoms with Crippen LogP contribution in [0.15, 0.2) is 23.1 Å². The fourth-order valence-electron chi connectivity index (χ4n) is 3.97. The molecule has 5 rings (SSSR count). The SMILES string of the molecule is CCOC.Cc1nonc1C(=O)NCc1cn2ncc(CN3CC(F)(F)CNC3=O)cc2n1.FC1(F)CCCCC1. The first-order valence-corrected chi connectivity index (χ1v) is 13.1. The first-order chi connectivity index (χ1) is 19.4. The van der Waals surface area contributed by atoms with E-state index in [4.69, 9.17) is 0 Å². The Morgan fingerprint density at radius 3 is 2.46 bits per heavy atom. The van der Waals surface area contributed by atoms with E-state index in [-0.39, 0.29) is 31.6 Å². The second kappa shape index (κ2) is 14.2. The van der Waals surface area contributed by atoms with Crippen LogP contribution in [0.2, 0.25) is 0 Å². The number of ether oxygens (including phenoxy) is 1. The van der Waals surface area contributed by atoms with E-state index in [1.807, 2.05) is 6.92 Å². The molecule has 0 unspecified atom stereocenters. The smallest absolute Gasteiger partial charge is 0.318 e. The summed E-state index contributed by atoms with van der Waals surface area (Å²) in [6.45, 7) is 3.14. The number of halogens is 4. The number of carbonyl (C=O) groups excluding carboxylic acids is 2. The van der Waals surface area contributed by atoms with Crippen LogP contribution in [0.25, 0.3) is 5.65 Å². The summed E-state index contributed by atoms with van der Waals surface area (Å²) in [6, 6.07) is 1.09. The summed E-state index contributed by atoms with van der Waals surface area (Å²) in [7, 11) is 1.68. The Morgan fingerprint density at radius 2 is 1.88 bits per heavy atom. The molecule has 3 amide bonds. The highest BCUT2D eigenvalue weighted by atomic mass is 19.3. The molecule has 16 heteroatoms. The van der Waals surface area contributed by atoms with Crippen molar-refractivity contribution in [3.63, 3.8) is 0 Å². The fourth-order valence-corrected chi connectivity index (χ4v) is 3.97. The van der Waals surface area contributed by atoms with Gasteiger partial charge in [-0.2, -0.15) is 5.10 Å². The minimum atomic E-state index is -2.98. The highest BCUT2D eigenvalue weighted by molar-refractivity contribution is 5.92. The van der Waals surface area contributed by atoms with Crippen LogP contribution in [0, 0.1) is 6.92 Å². The molecule has 3 aromatic rings. The Kier molecular flexibility index (Phi) is 11.0. The normalized spacial score (nSPS) is 17.5. The van der Waals surface area contributed by atoms with Crippen molar-refractivity contribution in [2.45, 2.75) is 70.9 Å². The molecular formula is C25H34F4N8O4. The number of alkyl halides is 4. The number of methoxy groups -OCH3 is 1. The maximum absolute atomic E-state index is 13.5. The number of nitrogens with zero attached hydrogens (tertiary/aromatic N) is 6. The molecule has 2 fully saturated rings. The minimum Gasteiger partial charge on any atom is -0.385 e. The molecule has 0 radical (unpaired) electrons. The zero-order valence-electron chi connectivity index (χ0n) is 23.1. The van der Waals surface area contributed by atoms with Gasteiger partial charge in [-0.05, 0) is 43.5 Å². The maximum atomic E-state index is 13.5. The molecule has 1 saturated heterocycles. The number of imidazole rings is 1. The van der Waals surface area contributed by atoms with Gasteiger partial charge in [-0.3, -0.25) is 4.79 Å². The van der Waals surface area contributed by atoms with Gasteiger partial charge < -0.3 is 20.3 Å². The van der Waals surface area contributed by atoms with Crippen LogP contribution in [0.4, 0.5) is 22.4 Å². The van der Waals surface area contributed by atoms with Gasteiger partial charge in [-0.25, -0.2) is 36.5 Å². The Morgan fingerprint density at radius 1 is 1.17 bits per heavy atom. The van der Waals surface area contributed by atoms with Gasteiger partial charge in [0.15, 0.2) is 11.3 Å². The molecular weight excluding hydrogens is 552 g/mol. The number of fused-ring (bicyclic) bond motifs is 1. The Balaban J connectivity index is 0.000000321. The molecule has 41 heavy (non-hydrogen) atoms. The van der Waals surface area contributed by atoms with Crippen molar-refractivity contribution in [1.82, 2.24) is 40.4 Å². The number of urea groups is 1. The van der Waals surface area contributed by atoms with Crippen LogP contribution in [0.5, 0.6) is 0 Å². The van der Waals surface area contributed by atoms with E-state index in [0.29, 0.717) is 35.4 Å². The number of aromatic nitrogens is 5. The molecule has 2 aliphatic rings. The summed E-state index contributed by atoms with van der Waals surface area (Å²) in [5, 5.41) is 16.1. The highest BCUT2D eigenvalue weighted by Gasteiger charge is 2.38. The zero-order chi connectivity index (χ0) is 30.0. The Bertz CT molecular complexity index is 1290. The summed E-state index contributed by atoms with van der Waals surface area (Å²) < 4.78 is 62.0. The quantitative estimate of drug-likeness (QED) is 0.417. The van der Waals surface area contributed by atoms with Gasteiger partial charge in [-0.1, -0.05) is 11.6 Å². The lowest BCUT2D eigenvalue weighted by atomic mass is 9.97. The monoisotopic (exact) mass is 586 g/mol. The number of hydrogen-bond donors (Lipinski definition) is 2. The number of rotatable bonds is 6. The molecule has 226 valence electrons. The van der Waals surface area contributed by atoms with E-state index in [1.165, 1.54) is 10.7 Å². The standard InChI is InChI=1S/C16H16F2N8O3.C6H10F2.C3H8O/c1-9-13(24-29-23-9)14(27)19-4-11-6-26-12(22-11)2-10(3-21-26)5-25-8-16(17,18)7-20-15(25)28;7-6(8)4-2-1-3-5-6;1-3-4-2/h2-3,6H,4-5,7-8H2,1H3,(H,19,27)(H,20,28);1-5H2;3H2,1-2H3. The third-order valence-corrected chi connectivity index (χ3v) is 6.18. The number of nitrogens with one attached hydrogen (secondary N) is 2. The van der Waals surface area contributed by atoms with Crippen LogP contribution in [-0.4, -0.2) is 80.4 Å². The van der Waals surface area contributed by atoms with Crippen LogP contribution in [-0.2, 0) is 17.8 Å². The molecule has 0 aromatic carbocycles. The number of aryl methyl sites for hydroxylation is 1. The van der Waals surface area contributed by atoms with E-state index in [2.05, 4.69) is 40.4 Å². The van der Waals surface area contributed by atoms with E-state index in [0.717, 1.165) is 17.9 Å². The summed E-state index contributed by atoms with van der Waals surface area (Å²) in [5.74, 6) is -5.76. The van der Waals surface area contributed by atoms with Crippen LogP contribution >= 0.6 is 0 Å². The summed E-state index contributed by atoms with van der Waals surface area (Å²) in [5.41, 5.74) is 1.99. The molecule has 2 N–H and O–H groups in total. The second-order valence-corrected chi connectivity index (χ2v) is 9.64. The predicted octanol–water partition coefficient (Wildman–Crippen LogP) is 3.75. The molecule has 1 aliphatic carbocycles. The van der Waals surface area contributed by atoms with Crippen molar-refractivity contribution >= 4 is 17.6 Å². The topological polar surface area (TPSA) is 140 Å². The lowest BCUT2D eigenvalue weighted by molar-refractivity contribution is -0.0368. The van der Waals surface area contributed by atoms with Crippen molar-refractivity contribution in [1.29, 1.82) is 0 Å². The maximum Gasteiger partial charge on any atom is 0.318 e. The van der Waals surface area contributed by atoms with Crippen molar-refractivity contribution in [3.05, 3.63) is 41.1 Å². The largest absolute Gasteiger partial charge is 0.385 e. The predicted molar refractivity (Wildman–Crippen MR) is 138 cm³/mol. The van der Waals surface area contributed by atoms with E-state index < -0.39 is 36.9 Å². The summed E-state index contributed by atoms with van der Waals surface area (Å²) in [4.78, 5) is 29.2. The van der Waals surface area contributed by atoms with E-state index in [9.17, 15) is 27.2 Å². The fraction of sp³-hybridized carbons (Fsp3) is 0.600. The van der Waals surface area contributed by atoms with Gasteiger partial charge in [0.05, 0.1) is 37.7 Å². The first-order valence-electron chi connectivity index (χ1n) is 13.1. The van der Waals surface area contributed by atoms with Crippen LogP contribution in [0.3, 0.4) is 0 Å². The minimum absolute atomic E-state index is 0.0255. The van der Waals surface area contributed by atoms with Crippen LogP contribution in [0.1, 0.15) is 66.5 Å². The van der Waals surface area contributed by atoms with Gasteiger partial charge >= 0.3 is 6.03 Å². The van der Waals surface area contributed by atoms with E-state index in [1.54, 1.807) is 26.3 Å². The van der Waals surface area contributed by atoms with Crippen molar-refractivity contribution in [3.8, 4) is 0 Å². The van der Waals surface area contributed by atoms with Gasteiger partial charge in [0, 0.05) is 33.1 Å². The average Bonchev–Trinajstić information content (AvgIpc) is 3.55. The van der Waals surface area contributed by atoms with Crippen LogP contribution < -0.4 is 10.6 Å². The van der Waals surface area contributed by atoms with Crippen molar-refractivity contribution < 1.29 is 36.5 Å². The molecule has 1 aliphatic heterocycles. The number of amides is 3. The molecule has 4 heterocycles. The highest BCUT2D eigenvalue weighted by Crippen LogP contribution is 2.32. The van der Waals surface area contributed by atoms with Crippen molar-refractivity contribution in [2.75, 3.05) is 26.8 Å². The summed E-state index contributed by atoms with van der Waals surface area (Å²) in [6.07, 6.45) is 5.76. The molecule has 12 nitrogen and oxygen atoms in total. The third-order valence-electron chi connectivity index (χ3n) is 6.18. The molecule has 0 spiro atoms. The molecule has 1 saturated carbocycles. The van der Waals surface area contributed by atoms with Gasteiger partial charge in [0.2, 0.25) is 5.92 Å². The average molecular weight is 587 g/mol. The molecule has 0 bridgehead atoms. The first kappa shape index (κ1) is 31.7. The number of hydrogen-bond acceptors (Lipinski definition) is 8. The number of carbonyl (C=O) groups is 2. The van der Waals surface area contributed by atoms with Gasteiger partial charge in [0.25, 0.3) is 11.8 Å². The Labute approximate surface area is 233 Å². The molecule has 0 atom stereocenters. The second-order valence-electron chi connectivity index (χ2n) is 9.64. The Hall–Kier alpha value is -3.82. The molecule has 3 aromatic heterocycles. The lowest BCUT2D eigenvalue weighted by Crippen LogP contribution is -2.56. The van der Waals surface area contributed by atoms with Gasteiger partial charge in [0.1, 0.15) is 5.69 Å².